The number of benzene rings is 2. The second-order valence-electron chi connectivity index (χ2n) is 4.73. The topological polar surface area (TPSA) is 90.0 Å². The minimum absolute atomic E-state index is 0.255. The fourth-order valence-electron chi connectivity index (χ4n) is 2.28. The fourth-order valence-corrected chi connectivity index (χ4v) is 2.54. The molecule has 108 valence electrons. The van der Waals surface area contributed by atoms with Gasteiger partial charge in [-0.1, -0.05) is 28.1 Å². The average molecular weight is 356 g/mol. The molecule has 0 saturated carbocycles. The Morgan fingerprint density at radius 3 is 2.41 bits per heavy atom. The summed E-state index contributed by atoms with van der Waals surface area (Å²) in [6.07, 6.45) is 1.34. The molecule has 0 saturated heterocycles. The largest absolute Gasteiger partial charge is 0.504 e. The third-order valence-corrected chi connectivity index (χ3v) is 3.90. The minimum atomic E-state index is -0.595. The van der Waals surface area contributed by atoms with Gasteiger partial charge in [0.15, 0.2) is 11.5 Å². The molecule has 2 aromatic carbocycles. The highest BCUT2D eigenvalue weighted by Gasteiger charge is 2.19. The maximum absolute atomic E-state index is 9.71. The van der Waals surface area contributed by atoms with E-state index in [1.54, 1.807) is 0 Å². The Morgan fingerprint density at radius 2 is 1.73 bits per heavy atom. The average Bonchev–Trinajstić information content (AvgIpc) is 2.51. The molecule has 2 N–H and O–H groups in total. The number of phenols is 2. The van der Waals surface area contributed by atoms with E-state index in [0.717, 1.165) is 10.0 Å². The van der Waals surface area contributed by atoms with Crippen molar-refractivity contribution in [3.63, 3.8) is 0 Å². The summed E-state index contributed by atoms with van der Waals surface area (Å²) in [4.78, 5) is 8.28. The number of phenolic OH excluding ortho intramolecular Hbond substituents is 2. The zero-order valence-electron chi connectivity index (χ0n) is 11.2. The van der Waals surface area contributed by atoms with Crippen LogP contribution in [0, 0.1) is 11.3 Å². The van der Waals surface area contributed by atoms with Gasteiger partial charge in [-0.2, -0.15) is 5.26 Å². The first-order valence-corrected chi connectivity index (χ1v) is 7.21. The van der Waals surface area contributed by atoms with Crippen LogP contribution >= 0.6 is 15.9 Å². The first kappa shape index (κ1) is 14.3. The summed E-state index contributed by atoms with van der Waals surface area (Å²) in [5, 5.41) is 29.4. The lowest BCUT2D eigenvalue weighted by atomic mass is 9.94. The summed E-state index contributed by atoms with van der Waals surface area (Å²) in [6.45, 7) is 0. The van der Waals surface area contributed by atoms with Crippen molar-refractivity contribution in [1.82, 2.24) is 9.97 Å². The molecule has 1 unspecified atom stereocenters. The van der Waals surface area contributed by atoms with Crippen LogP contribution in [-0.2, 0) is 0 Å². The smallest absolute Gasteiger partial charge is 0.159 e. The predicted molar refractivity (Wildman–Crippen MR) is 84.5 cm³/mol. The molecule has 0 radical (unpaired) electrons. The minimum Gasteiger partial charge on any atom is -0.504 e. The molecule has 0 fully saturated rings. The van der Waals surface area contributed by atoms with Crippen LogP contribution < -0.4 is 0 Å². The number of hydrogen-bond acceptors (Lipinski definition) is 5. The van der Waals surface area contributed by atoms with Crippen molar-refractivity contribution in [2.75, 3.05) is 0 Å². The zero-order chi connectivity index (χ0) is 15.7. The van der Waals surface area contributed by atoms with Gasteiger partial charge >= 0.3 is 0 Å². The van der Waals surface area contributed by atoms with Gasteiger partial charge in [0.25, 0.3) is 0 Å². The molecule has 0 bridgehead atoms. The summed E-state index contributed by atoms with van der Waals surface area (Å²) in [5.74, 6) is -1.12. The van der Waals surface area contributed by atoms with Crippen molar-refractivity contribution in [3.8, 4) is 17.6 Å². The van der Waals surface area contributed by atoms with Crippen molar-refractivity contribution in [1.29, 1.82) is 5.26 Å². The Labute approximate surface area is 134 Å². The standard InChI is InChI=1S/C16H10BrN3O2/c17-10-3-1-9(2-4-10)12(7-18)16-11-5-14(21)15(22)6-13(11)19-8-20-16/h1-6,8,12,21-22H. The van der Waals surface area contributed by atoms with E-state index in [1.165, 1.54) is 18.5 Å². The van der Waals surface area contributed by atoms with Gasteiger partial charge < -0.3 is 10.2 Å². The third-order valence-electron chi connectivity index (χ3n) is 3.37. The second kappa shape index (κ2) is 5.62. The van der Waals surface area contributed by atoms with E-state index >= 15 is 0 Å². The first-order chi connectivity index (χ1) is 10.6. The van der Waals surface area contributed by atoms with Gasteiger partial charge in [-0.15, -0.1) is 0 Å². The van der Waals surface area contributed by atoms with E-state index in [0.29, 0.717) is 16.6 Å². The van der Waals surface area contributed by atoms with Crippen LogP contribution in [-0.4, -0.2) is 20.2 Å². The maximum Gasteiger partial charge on any atom is 0.159 e. The van der Waals surface area contributed by atoms with E-state index in [1.807, 2.05) is 24.3 Å². The van der Waals surface area contributed by atoms with E-state index in [-0.39, 0.29) is 11.5 Å². The highest BCUT2D eigenvalue weighted by molar-refractivity contribution is 9.10. The van der Waals surface area contributed by atoms with Crippen LogP contribution in [0.1, 0.15) is 17.2 Å². The maximum atomic E-state index is 9.71. The van der Waals surface area contributed by atoms with Gasteiger partial charge in [0.1, 0.15) is 12.2 Å². The third kappa shape index (κ3) is 2.47. The van der Waals surface area contributed by atoms with Gasteiger partial charge in [0.2, 0.25) is 0 Å². The molecule has 6 heteroatoms. The number of nitrogens with zero attached hydrogens (tertiary/aromatic N) is 3. The number of fused-ring (bicyclic) bond motifs is 1. The van der Waals surface area contributed by atoms with Crippen molar-refractivity contribution >= 4 is 26.8 Å². The normalized spacial score (nSPS) is 12.0. The van der Waals surface area contributed by atoms with Crippen molar-refractivity contribution in [2.24, 2.45) is 0 Å². The Bertz CT molecular complexity index is 888. The monoisotopic (exact) mass is 355 g/mol. The van der Waals surface area contributed by atoms with E-state index in [2.05, 4.69) is 32.0 Å². The van der Waals surface area contributed by atoms with Gasteiger partial charge in [-0.3, -0.25) is 0 Å². The SMILES string of the molecule is N#CC(c1ccc(Br)cc1)c1ncnc2cc(O)c(O)cc12. The van der Waals surface area contributed by atoms with Gasteiger partial charge in [-0.05, 0) is 23.8 Å². The quantitative estimate of drug-likeness (QED) is 0.687. The van der Waals surface area contributed by atoms with Crippen molar-refractivity contribution in [2.45, 2.75) is 5.92 Å². The molecule has 0 amide bonds. The molecular formula is C16H10BrN3O2. The molecule has 1 heterocycles. The lowest BCUT2D eigenvalue weighted by Crippen LogP contribution is -2.03. The molecule has 0 aliphatic carbocycles. The molecule has 3 aromatic rings. The lowest BCUT2D eigenvalue weighted by Gasteiger charge is -2.12. The van der Waals surface area contributed by atoms with E-state index in [9.17, 15) is 15.5 Å². The van der Waals surface area contributed by atoms with Crippen LogP contribution in [0.25, 0.3) is 10.9 Å². The Kier molecular flexibility index (Phi) is 3.65. The number of nitriles is 1. The second-order valence-corrected chi connectivity index (χ2v) is 5.65. The zero-order valence-corrected chi connectivity index (χ0v) is 12.8. The van der Waals surface area contributed by atoms with Crippen LogP contribution in [0.15, 0.2) is 47.2 Å². The van der Waals surface area contributed by atoms with E-state index in [4.69, 9.17) is 0 Å². The number of aromatic nitrogens is 2. The van der Waals surface area contributed by atoms with Gasteiger partial charge in [0.05, 0.1) is 17.3 Å². The summed E-state index contributed by atoms with van der Waals surface area (Å²) >= 11 is 3.36. The summed E-state index contributed by atoms with van der Waals surface area (Å²) < 4.78 is 0.919. The van der Waals surface area contributed by atoms with Crippen LogP contribution in [0.4, 0.5) is 0 Å². The number of rotatable bonds is 2. The van der Waals surface area contributed by atoms with Crippen LogP contribution in [0.3, 0.4) is 0 Å². The molecule has 5 nitrogen and oxygen atoms in total. The molecule has 1 atom stereocenters. The Morgan fingerprint density at radius 1 is 1.05 bits per heavy atom. The first-order valence-electron chi connectivity index (χ1n) is 6.42. The molecule has 1 aromatic heterocycles. The van der Waals surface area contributed by atoms with Crippen molar-refractivity contribution < 1.29 is 10.2 Å². The summed E-state index contributed by atoms with van der Waals surface area (Å²) in [7, 11) is 0. The highest BCUT2D eigenvalue weighted by Crippen LogP contribution is 2.34. The molecule has 3 rings (SSSR count). The van der Waals surface area contributed by atoms with Crippen LogP contribution in [0.2, 0.25) is 0 Å². The van der Waals surface area contributed by atoms with Gasteiger partial charge in [-0.25, -0.2) is 9.97 Å². The molecule has 0 aliphatic rings. The summed E-state index contributed by atoms with van der Waals surface area (Å²) in [6, 6.07) is 12.3. The molecule has 0 aliphatic heterocycles. The lowest BCUT2D eigenvalue weighted by molar-refractivity contribution is 0.404. The molecular weight excluding hydrogens is 346 g/mol. The highest BCUT2D eigenvalue weighted by atomic mass is 79.9. The Balaban J connectivity index is 2.21. The number of hydrogen-bond donors (Lipinski definition) is 2. The van der Waals surface area contributed by atoms with Crippen molar-refractivity contribution in [3.05, 3.63) is 58.5 Å². The van der Waals surface area contributed by atoms with Gasteiger partial charge in [0, 0.05) is 15.9 Å². The van der Waals surface area contributed by atoms with Crippen LogP contribution in [0.5, 0.6) is 11.5 Å². The molecule has 0 spiro atoms. The molecule has 22 heavy (non-hydrogen) atoms. The summed E-state index contributed by atoms with van der Waals surface area (Å²) in [5.41, 5.74) is 1.75. The van der Waals surface area contributed by atoms with E-state index < -0.39 is 5.92 Å². The fraction of sp³-hybridized carbons (Fsp3) is 0.0625. The Hall–Kier alpha value is -2.65. The predicted octanol–water partition coefficient (Wildman–Crippen LogP) is 3.46. The number of aromatic hydroxyl groups is 2. The number of halogens is 1.